The molecule has 5 N–H and O–H groups in total. The van der Waals surface area contributed by atoms with Gasteiger partial charge in [-0.15, -0.1) is 0 Å². The van der Waals surface area contributed by atoms with E-state index in [9.17, 15) is 25.2 Å². The molecule has 1 aliphatic heterocycles. The van der Waals surface area contributed by atoms with E-state index in [0.717, 1.165) is 10.8 Å². The fourth-order valence-electron chi connectivity index (χ4n) is 2.85. The minimum absolute atomic E-state index is 0.394. The quantitative estimate of drug-likeness (QED) is 0.510. The van der Waals surface area contributed by atoms with Crippen LogP contribution < -0.4 is 5.32 Å². The summed E-state index contributed by atoms with van der Waals surface area (Å²) >= 11 is 0. The lowest BCUT2D eigenvalue weighted by molar-refractivity contribution is -0.233. The van der Waals surface area contributed by atoms with Gasteiger partial charge in [0.1, 0.15) is 24.4 Å². The van der Waals surface area contributed by atoms with Crippen molar-refractivity contribution >= 4 is 16.7 Å². The van der Waals surface area contributed by atoms with Crippen molar-refractivity contribution in [3.05, 3.63) is 48.0 Å². The third kappa shape index (κ3) is 3.00. The molecule has 5 atom stereocenters. The standard InChI is InChI=1S/C17H19NO6/c19-8-12-13(20)14(21)15(22)17(24-12)18-16(23)11-7-3-5-9-4-1-2-6-10(9)11/h1-7,12-15,17,19-22H,8H2,(H,18,23)/t12-,13-,14+,15-,17-/m1/s1. The predicted molar refractivity (Wildman–Crippen MR) is 85.2 cm³/mol. The van der Waals surface area contributed by atoms with Gasteiger partial charge in [-0.3, -0.25) is 4.79 Å². The molecule has 2 aromatic rings. The van der Waals surface area contributed by atoms with Gasteiger partial charge in [-0.25, -0.2) is 0 Å². The molecule has 2 aromatic carbocycles. The molecule has 1 heterocycles. The Bertz CT molecular complexity index is 729. The van der Waals surface area contributed by atoms with E-state index < -0.39 is 43.2 Å². The zero-order valence-electron chi connectivity index (χ0n) is 12.7. The highest BCUT2D eigenvalue weighted by atomic mass is 16.6. The zero-order valence-corrected chi connectivity index (χ0v) is 12.7. The molecule has 1 saturated heterocycles. The molecule has 0 spiro atoms. The van der Waals surface area contributed by atoms with Crippen LogP contribution in [0.5, 0.6) is 0 Å². The van der Waals surface area contributed by atoms with Crippen molar-refractivity contribution in [1.29, 1.82) is 0 Å². The molecule has 7 nitrogen and oxygen atoms in total. The molecule has 0 unspecified atom stereocenters. The zero-order chi connectivity index (χ0) is 17.3. The van der Waals surface area contributed by atoms with Crippen molar-refractivity contribution in [1.82, 2.24) is 5.32 Å². The van der Waals surface area contributed by atoms with Crippen LogP contribution in [0.15, 0.2) is 42.5 Å². The molecule has 1 fully saturated rings. The number of aliphatic hydroxyl groups is 4. The van der Waals surface area contributed by atoms with Crippen LogP contribution in [0, 0.1) is 0 Å². The predicted octanol–water partition coefficient (Wildman–Crippen LogP) is -0.630. The highest BCUT2D eigenvalue weighted by Gasteiger charge is 2.44. The Balaban J connectivity index is 1.83. The lowest BCUT2D eigenvalue weighted by Gasteiger charge is -2.40. The SMILES string of the molecule is O=C(N[C@@H]1O[C@H](CO)[C@@H](O)[C@H](O)[C@H]1O)c1cccc2ccccc12. The summed E-state index contributed by atoms with van der Waals surface area (Å²) in [4.78, 5) is 12.5. The number of benzene rings is 2. The molecule has 7 heteroatoms. The van der Waals surface area contributed by atoms with E-state index in [-0.39, 0.29) is 0 Å². The van der Waals surface area contributed by atoms with E-state index in [2.05, 4.69) is 5.32 Å². The Hall–Kier alpha value is -2.03. The molecule has 3 rings (SSSR count). The van der Waals surface area contributed by atoms with Crippen molar-refractivity contribution in [2.24, 2.45) is 0 Å². The summed E-state index contributed by atoms with van der Waals surface area (Å²) < 4.78 is 5.29. The first-order valence-corrected chi connectivity index (χ1v) is 7.62. The van der Waals surface area contributed by atoms with Gasteiger partial charge in [0.2, 0.25) is 0 Å². The molecule has 0 saturated carbocycles. The van der Waals surface area contributed by atoms with Gasteiger partial charge in [-0.2, -0.15) is 0 Å². The molecule has 128 valence electrons. The van der Waals surface area contributed by atoms with Gasteiger partial charge in [0.05, 0.1) is 6.61 Å². The van der Waals surface area contributed by atoms with Crippen molar-refractivity contribution in [3.8, 4) is 0 Å². The van der Waals surface area contributed by atoms with Crippen molar-refractivity contribution in [2.45, 2.75) is 30.6 Å². The number of carbonyl (C=O) groups excluding carboxylic acids is 1. The maximum atomic E-state index is 12.5. The number of carbonyl (C=O) groups is 1. The number of aliphatic hydroxyl groups excluding tert-OH is 4. The molecule has 24 heavy (non-hydrogen) atoms. The Labute approximate surface area is 138 Å². The van der Waals surface area contributed by atoms with Gasteiger partial charge in [-0.05, 0) is 16.8 Å². The van der Waals surface area contributed by atoms with Crippen molar-refractivity contribution in [2.75, 3.05) is 6.61 Å². The molecule has 0 aromatic heterocycles. The molecule has 0 radical (unpaired) electrons. The van der Waals surface area contributed by atoms with Gasteiger partial charge in [0.25, 0.3) is 5.91 Å². The maximum absolute atomic E-state index is 12.5. The summed E-state index contributed by atoms with van der Waals surface area (Å²) in [5.41, 5.74) is 0.394. The molecule has 1 amide bonds. The fourth-order valence-corrected chi connectivity index (χ4v) is 2.85. The second-order valence-corrected chi connectivity index (χ2v) is 5.75. The third-order valence-corrected chi connectivity index (χ3v) is 4.20. The first kappa shape index (κ1) is 16.8. The van der Waals surface area contributed by atoms with Crippen molar-refractivity contribution < 1.29 is 30.0 Å². The molecule has 0 aliphatic carbocycles. The number of nitrogens with one attached hydrogen (secondary N) is 1. The van der Waals surface area contributed by atoms with Crippen LogP contribution >= 0.6 is 0 Å². The topological polar surface area (TPSA) is 119 Å². The fraction of sp³-hybridized carbons (Fsp3) is 0.353. The molecule has 1 aliphatic rings. The highest BCUT2D eigenvalue weighted by Crippen LogP contribution is 2.22. The van der Waals surface area contributed by atoms with Gasteiger partial charge in [0, 0.05) is 5.56 Å². The van der Waals surface area contributed by atoms with Crippen LogP contribution in [0.4, 0.5) is 0 Å². The van der Waals surface area contributed by atoms with Crippen LogP contribution in [-0.2, 0) is 4.74 Å². The largest absolute Gasteiger partial charge is 0.394 e. The van der Waals surface area contributed by atoms with Gasteiger partial charge in [-0.1, -0.05) is 36.4 Å². The molecular weight excluding hydrogens is 314 g/mol. The van der Waals surface area contributed by atoms with Gasteiger partial charge >= 0.3 is 0 Å². The van der Waals surface area contributed by atoms with E-state index >= 15 is 0 Å². The Morgan fingerprint density at radius 3 is 2.46 bits per heavy atom. The minimum Gasteiger partial charge on any atom is -0.394 e. The van der Waals surface area contributed by atoms with Crippen LogP contribution in [-0.4, -0.2) is 63.6 Å². The number of hydrogen-bond donors (Lipinski definition) is 5. The van der Waals surface area contributed by atoms with Crippen LogP contribution in [0.1, 0.15) is 10.4 Å². The number of amides is 1. The molecule has 0 bridgehead atoms. The lowest BCUT2D eigenvalue weighted by Crippen LogP contribution is -2.63. The van der Waals surface area contributed by atoms with Crippen molar-refractivity contribution in [3.63, 3.8) is 0 Å². The second kappa shape index (κ2) is 6.84. The second-order valence-electron chi connectivity index (χ2n) is 5.75. The summed E-state index contributed by atoms with van der Waals surface area (Å²) in [5, 5.41) is 42.9. The van der Waals surface area contributed by atoms with E-state index in [4.69, 9.17) is 4.74 Å². The van der Waals surface area contributed by atoms with E-state index in [1.165, 1.54) is 0 Å². The number of fused-ring (bicyclic) bond motifs is 1. The maximum Gasteiger partial charge on any atom is 0.253 e. The Morgan fingerprint density at radius 2 is 1.71 bits per heavy atom. The smallest absolute Gasteiger partial charge is 0.253 e. The van der Waals surface area contributed by atoms with Crippen LogP contribution in [0.25, 0.3) is 10.8 Å². The van der Waals surface area contributed by atoms with Crippen LogP contribution in [0.3, 0.4) is 0 Å². The summed E-state index contributed by atoms with van der Waals surface area (Å²) in [7, 11) is 0. The summed E-state index contributed by atoms with van der Waals surface area (Å²) in [5.74, 6) is -0.490. The number of hydrogen-bond acceptors (Lipinski definition) is 6. The van der Waals surface area contributed by atoms with Crippen LogP contribution in [0.2, 0.25) is 0 Å². The van der Waals surface area contributed by atoms with Gasteiger partial charge < -0.3 is 30.5 Å². The monoisotopic (exact) mass is 333 g/mol. The normalized spacial score (nSPS) is 30.2. The van der Waals surface area contributed by atoms with E-state index in [1.54, 1.807) is 18.2 Å². The van der Waals surface area contributed by atoms with E-state index in [1.807, 2.05) is 24.3 Å². The summed E-state index contributed by atoms with van der Waals surface area (Å²) in [6.07, 6.45) is -6.82. The number of ether oxygens (including phenoxy) is 1. The molecular formula is C17H19NO6. The lowest BCUT2D eigenvalue weighted by atomic mass is 9.98. The first-order valence-electron chi connectivity index (χ1n) is 7.62. The summed E-state index contributed by atoms with van der Waals surface area (Å²) in [6, 6.07) is 12.6. The highest BCUT2D eigenvalue weighted by molar-refractivity contribution is 6.07. The average molecular weight is 333 g/mol. The minimum atomic E-state index is -1.53. The van der Waals surface area contributed by atoms with E-state index in [0.29, 0.717) is 5.56 Å². The summed E-state index contributed by atoms with van der Waals surface area (Å²) in [6.45, 7) is -0.550. The average Bonchev–Trinajstić information content (AvgIpc) is 2.61. The Morgan fingerprint density at radius 1 is 1.00 bits per heavy atom. The first-order chi connectivity index (χ1) is 11.5. The third-order valence-electron chi connectivity index (χ3n) is 4.20. The van der Waals surface area contributed by atoms with Gasteiger partial charge in [0.15, 0.2) is 6.23 Å². The Kier molecular flexibility index (Phi) is 4.79. The number of rotatable bonds is 3.